The van der Waals surface area contributed by atoms with Gasteiger partial charge in [-0.3, -0.25) is 19.2 Å². The van der Waals surface area contributed by atoms with Gasteiger partial charge in [-0.15, -0.1) is 0 Å². The highest BCUT2D eigenvalue weighted by molar-refractivity contribution is 5.98. The predicted molar refractivity (Wildman–Crippen MR) is 189 cm³/mol. The van der Waals surface area contributed by atoms with E-state index in [9.17, 15) is 24.6 Å². The average Bonchev–Trinajstić information content (AvgIpc) is 3.46. The summed E-state index contributed by atoms with van der Waals surface area (Å²) in [6.07, 6.45) is 0.412. The fourth-order valence-electron chi connectivity index (χ4n) is 8.45. The van der Waals surface area contributed by atoms with Gasteiger partial charge in [0.1, 0.15) is 24.4 Å². The van der Waals surface area contributed by atoms with E-state index in [2.05, 4.69) is 31.4 Å². The topological polar surface area (TPSA) is 150 Å². The Morgan fingerprint density at radius 1 is 1.16 bits per heavy atom. The van der Waals surface area contributed by atoms with Crippen molar-refractivity contribution in [3.05, 3.63) is 47.5 Å². The molecule has 0 spiro atoms. The number of methoxy groups -OCH3 is 1. The van der Waals surface area contributed by atoms with Crippen molar-refractivity contribution in [2.75, 3.05) is 45.9 Å². The molecule has 12 heteroatoms. The van der Waals surface area contributed by atoms with Crippen LogP contribution in [-0.4, -0.2) is 98.3 Å². The summed E-state index contributed by atoms with van der Waals surface area (Å²) in [5.41, 5.74) is 3.51. The van der Waals surface area contributed by atoms with Crippen molar-refractivity contribution in [2.45, 2.75) is 78.3 Å². The van der Waals surface area contributed by atoms with Gasteiger partial charge in [0, 0.05) is 48.4 Å². The van der Waals surface area contributed by atoms with E-state index in [0.29, 0.717) is 45.8 Å². The molecule has 2 aromatic carbocycles. The van der Waals surface area contributed by atoms with Gasteiger partial charge in [0.25, 0.3) is 5.91 Å². The molecule has 2 bridgehead atoms. The predicted octanol–water partition coefficient (Wildman–Crippen LogP) is 3.38. The minimum absolute atomic E-state index is 0.0227. The number of nitrogens with zero attached hydrogens (tertiary/aromatic N) is 2. The molecule has 0 aromatic heterocycles. The standard InChI is InChI=1S/C38H54N4O8/c1-9-49-32(45)18-39-36(46)25-13-24(14-27(15-25)41(6)7)28-12-10-11-23(35(28)48-8)19-42-34(33(22(3)44)31(20-43)50-42)37(47)40-30-17-26-16-29(21(30)2)38(26,4)5/h10-15,21-22,26,29-31,33-34,43-44H,9,16-20H2,1-8H3,(H,39,46)(H,40,47)/t21-,22-,26+,29-,30-,31-,33+,34-/m0/s1. The number of nitrogens with one attached hydrogen (secondary N) is 2. The minimum atomic E-state index is -0.917. The molecule has 3 saturated carbocycles. The second kappa shape index (κ2) is 15.3. The molecule has 4 fully saturated rings. The molecule has 4 aliphatic rings. The van der Waals surface area contributed by atoms with Gasteiger partial charge in [0.15, 0.2) is 0 Å². The van der Waals surface area contributed by atoms with Gasteiger partial charge in [0.05, 0.1) is 33.0 Å². The molecular formula is C38H54N4O8. The number of benzene rings is 2. The highest BCUT2D eigenvalue weighted by Gasteiger charge is 2.57. The maximum absolute atomic E-state index is 14.2. The molecule has 0 radical (unpaired) electrons. The van der Waals surface area contributed by atoms with Gasteiger partial charge in [-0.25, -0.2) is 0 Å². The number of amides is 2. The van der Waals surface area contributed by atoms with Gasteiger partial charge >= 0.3 is 5.97 Å². The second-order valence-corrected chi connectivity index (χ2v) is 14.9. The van der Waals surface area contributed by atoms with E-state index in [1.165, 1.54) is 6.42 Å². The highest BCUT2D eigenvalue weighted by atomic mass is 16.7. The fourth-order valence-corrected chi connectivity index (χ4v) is 8.45. The van der Waals surface area contributed by atoms with E-state index in [1.807, 2.05) is 43.3 Å². The molecule has 50 heavy (non-hydrogen) atoms. The van der Waals surface area contributed by atoms with Crippen LogP contribution in [0.5, 0.6) is 5.75 Å². The quantitative estimate of drug-likeness (QED) is 0.230. The van der Waals surface area contributed by atoms with Crippen molar-refractivity contribution in [2.24, 2.45) is 29.1 Å². The van der Waals surface area contributed by atoms with E-state index in [-0.39, 0.29) is 43.7 Å². The van der Waals surface area contributed by atoms with Crippen LogP contribution in [0.3, 0.4) is 0 Å². The number of aliphatic hydroxyl groups excluding tert-OH is 2. The number of carbonyl (C=O) groups excluding carboxylic acids is 3. The molecular weight excluding hydrogens is 640 g/mol. The maximum Gasteiger partial charge on any atom is 0.325 e. The molecule has 0 unspecified atom stereocenters. The van der Waals surface area contributed by atoms with E-state index in [4.69, 9.17) is 14.3 Å². The third-order valence-corrected chi connectivity index (χ3v) is 11.4. The molecule has 1 heterocycles. The largest absolute Gasteiger partial charge is 0.496 e. The Morgan fingerprint density at radius 3 is 2.50 bits per heavy atom. The average molecular weight is 695 g/mol. The number of esters is 1. The zero-order valence-electron chi connectivity index (χ0n) is 30.6. The number of hydrogen-bond donors (Lipinski definition) is 4. The third kappa shape index (κ3) is 7.35. The Bertz CT molecular complexity index is 1560. The number of hydrogen-bond acceptors (Lipinski definition) is 10. The van der Waals surface area contributed by atoms with Crippen LogP contribution in [0.25, 0.3) is 11.1 Å². The summed E-state index contributed by atoms with van der Waals surface area (Å²) in [4.78, 5) is 47.3. The van der Waals surface area contributed by atoms with Gasteiger partial charge in [0.2, 0.25) is 5.91 Å². The number of aliphatic hydroxyl groups is 2. The number of anilines is 1. The first-order valence-electron chi connectivity index (χ1n) is 17.7. The smallest absolute Gasteiger partial charge is 0.325 e. The Hall–Kier alpha value is -3.71. The zero-order valence-corrected chi connectivity index (χ0v) is 30.6. The first-order chi connectivity index (χ1) is 23.7. The van der Waals surface area contributed by atoms with E-state index >= 15 is 0 Å². The van der Waals surface area contributed by atoms with Gasteiger partial charge < -0.3 is 35.2 Å². The molecule has 2 amide bonds. The van der Waals surface area contributed by atoms with Gasteiger partial charge in [-0.2, -0.15) is 5.06 Å². The van der Waals surface area contributed by atoms with Gasteiger partial charge in [-0.1, -0.05) is 39.0 Å². The van der Waals surface area contributed by atoms with Crippen LogP contribution < -0.4 is 20.3 Å². The van der Waals surface area contributed by atoms with Crippen LogP contribution in [0.2, 0.25) is 0 Å². The van der Waals surface area contributed by atoms with Gasteiger partial charge in [-0.05, 0) is 73.6 Å². The summed E-state index contributed by atoms with van der Waals surface area (Å²) in [7, 11) is 5.31. The zero-order chi connectivity index (χ0) is 36.5. The van der Waals surface area contributed by atoms with Crippen molar-refractivity contribution >= 4 is 23.5 Å². The molecule has 274 valence electrons. The SMILES string of the molecule is CCOC(=O)CNC(=O)c1cc(-c2cccc(CN3O[C@@H](CO)[C@@H]([C@H](C)O)[C@H]3C(=O)N[C@H]3C[C@H]4C[C@@H]([C@@H]3C)C4(C)C)c2OC)cc(N(C)C)c1. The van der Waals surface area contributed by atoms with Crippen molar-refractivity contribution < 1.29 is 38.9 Å². The first-order valence-corrected chi connectivity index (χ1v) is 17.7. The van der Waals surface area contributed by atoms with Crippen molar-refractivity contribution in [1.82, 2.24) is 15.7 Å². The van der Waals surface area contributed by atoms with Crippen molar-refractivity contribution in [3.63, 3.8) is 0 Å². The minimum Gasteiger partial charge on any atom is -0.496 e. The molecule has 3 aliphatic carbocycles. The number of carbonyl (C=O) groups is 3. The second-order valence-electron chi connectivity index (χ2n) is 14.9. The lowest BCUT2D eigenvalue weighted by Gasteiger charge is -2.62. The monoisotopic (exact) mass is 694 g/mol. The van der Waals surface area contributed by atoms with Crippen LogP contribution in [0.1, 0.15) is 63.4 Å². The molecule has 1 aliphatic heterocycles. The summed E-state index contributed by atoms with van der Waals surface area (Å²) >= 11 is 0. The number of fused-ring (bicyclic) bond motifs is 2. The summed E-state index contributed by atoms with van der Waals surface area (Å²) in [5, 5.41) is 28.7. The molecule has 2 aromatic rings. The third-order valence-electron chi connectivity index (χ3n) is 11.4. The Labute approximate surface area is 295 Å². The Balaban J connectivity index is 1.44. The number of ether oxygens (including phenoxy) is 2. The Kier molecular flexibility index (Phi) is 11.5. The van der Waals surface area contributed by atoms with Crippen molar-refractivity contribution in [3.8, 4) is 16.9 Å². The van der Waals surface area contributed by atoms with Crippen LogP contribution in [-0.2, 0) is 25.7 Å². The summed E-state index contributed by atoms with van der Waals surface area (Å²) in [6.45, 7) is 9.94. The summed E-state index contributed by atoms with van der Waals surface area (Å²) < 4.78 is 10.9. The van der Waals surface area contributed by atoms with Crippen LogP contribution in [0, 0.1) is 29.1 Å². The number of para-hydroxylation sites is 1. The first kappa shape index (κ1) is 37.5. The normalized spacial score (nSPS) is 27.5. The highest BCUT2D eigenvalue weighted by Crippen LogP contribution is 2.61. The lowest BCUT2D eigenvalue weighted by molar-refractivity contribution is -0.183. The van der Waals surface area contributed by atoms with E-state index in [1.54, 1.807) is 38.2 Å². The van der Waals surface area contributed by atoms with Crippen LogP contribution >= 0.6 is 0 Å². The molecule has 8 atom stereocenters. The van der Waals surface area contributed by atoms with Crippen LogP contribution in [0.15, 0.2) is 36.4 Å². The maximum atomic E-state index is 14.2. The molecule has 4 N–H and O–H groups in total. The van der Waals surface area contributed by atoms with Crippen molar-refractivity contribution in [1.29, 1.82) is 0 Å². The molecule has 1 saturated heterocycles. The summed E-state index contributed by atoms with van der Waals surface area (Å²) in [5.74, 6) is 0.109. The van der Waals surface area contributed by atoms with E-state index in [0.717, 1.165) is 12.1 Å². The number of rotatable bonds is 13. The number of hydroxylamine groups is 2. The lowest BCUT2D eigenvalue weighted by atomic mass is 9.45. The fraction of sp³-hybridized carbons (Fsp3) is 0.605. The molecule has 12 nitrogen and oxygen atoms in total. The summed E-state index contributed by atoms with van der Waals surface area (Å²) in [6, 6.07) is 10.2. The lowest BCUT2D eigenvalue weighted by Crippen LogP contribution is -2.62. The Morgan fingerprint density at radius 2 is 1.90 bits per heavy atom. The van der Waals surface area contributed by atoms with E-state index < -0.39 is 36.0 Å². The molecule has 6 rings (SSSR count). The van der Waals surface area contributed by atoms with Crippen LogP contribution in [0.4, 0.5) is 5.69 Å².